The maximum absolute atomic E-state index is 13.1. The fourth-order valence-electron chi connectivity index (χ4n) is 3.38. The molecule has 29 heavy (non-hydrogen) atoms. The maximum atomic E-state index is 13.1. The predicted molar refractivity (Wildman–Crippen MR) is 110 cm³/mol. The molecule has 2 aromatic heterocycles. The Hall–Kier alpha value is -3.48. The first-order valence-electron chi connectivity index (χ1n) is 9.65. The van der Waals surface area contributed by atoms with E-state index in [4.69, 9.17) is 14.0 Å². The molecule has 2 heterocycles. The second-order valence-corrected chi connectivity index (χ2v) is 6.87. The van der Waals surface area contributed by atoms with Crippen molar-refractivity contribution in [1.29, 1.82) is 0 Å². The highest BCUT2D eigenvalue weighted by atomic mass is 16.5. The number of benzene rings is 1. The van der Waals surface area contributed by atoms with E-state index in [1.54, 1.807) is 6.08 Å². The van der Waals surface area contributed by atoms with E-state index in [2.05, 4.69) is 15.6 Å². The highest BCUT2D eigenvalue weighted by Gasteiger charge is 2.26. The van der Waals surface area contributed by atoms with Gasteiger partial charge in [0.25, 0.3) is 0 Å². The van der Waals surface area contributed by atoms with Crippen LogP contribution in [0, 0.1) is 13.8 Å². The average Bonchev–Trinajstić information content (AvgIpc) is 3.27. The van der Waals surface area contributed by atoms with E-state index in [0.717, 1.165) is 22.7 Å². The number of aryl methyl sites for hydroxylation is 4. The number of hydrogen-bond acceptors (Lipinski definition) is 7. The normalized spacial score (nSPS) is 14.8. The van der Waals surface area contributed by atoms with Crippen molar-refractivity contribution in [3.63, 3.8) is 0 Å². The maximum Gasteiger partial charge on any atom is 0.209 e. The van der Waals surface area contributed by atoms with Gasteiger partial charge in [0.1, 0.15) is 22.8 Å². The van der Waals surface area contributed by atoms with E-state index >= 15 is 0 Å². The van der Waals surface area contributed by atoms with Crippen LogP contribution in [0.25, 0.3) is 0 Å². The standard InChI is InChI=1S/C22H22N4O3/c1-5-18-20(12(3)25-28-18)23-16-11-17(22(27)15-10-8-7-9-14(15)16)24-21-13(4)26-29-19(21)6-2/h7-11,24H,5-6H2,1-4H3. The zero-order valence-electron chi connectivity index (χ0n) is 16.9. The van der Waals surface area contributed by atoms with Crippen LogP contribution in [-0.2, 0) is 12.8 Å². The minimum Gasteiger partial charge on any atom is -0.359 e. The van der Waals surface area contributed by atoms with Gasteiger partial charge in [-0.3, -0.25) is 4.79 Å². The molecule has 7 heteroatoms. The lowest BCUT2D eigenvalue weighted by Gasteiger charge is -2.18. The molecule has 0 atom stereocenters. The van der Waals surface area contributed by atoms with Crippen LogP contribution in [-0.4, -0.2) is 21.8 Å². The van der Waals surface area contributed by atoms with Crippen LogP contribution in [0.2, 0.25) is 0 Å². The first kappa shape index (κ1) is 18.9. The third-order valence-electron chi connectivity index (χ3n) is 4.94. The average molecular weight is 390 g/mol. The second-order valence-electron chi connectivity index (χ2n) is 6.87. The van der Waals surface area contributed by atoms with Gasteiger partial charge < -0.3 is 14.4 Å². The topological polar surface area (TPSA) is 93.5 Å². The Morgan fingerprint density at radius 3 is 2.34 bits per heavy atom. The molecule has 0 radical (unpaired) electrons. The van der Waals surface area contributed by atoms with Crippen LogP contribution in [0.4, 0.5) is 11.4 Å². The molecule has 0 spiro atoms. The van der Waals surface area contributed by atoms with Crippen molar-refractivity contribution in [2.24, 2.45) is 4.99 Å². The molecule has 0 fully saturated rings. The summed E-state index contributed by atoms with van der Waals surface area (Å²) >= 11 is 0. The predicted octanol–water partition coefficient (Wildman–Crippen LogP) is 4.72. The smallest absolute Gasteiger partial charge is 0.209 e. The van der Waals surface area contributed by atoms with Gasteiger partial charge in [0, 0.05) is 24.0 Å². The van der Waals surface area contributed by atoms with E-state index in [1.165, 1.54) is 0 Å². The highest BCUT2D eigenvalue weighted by Crippen LogP contribution is 2.30. The molecule has 0 saturated heterocycles. The zero-order valence-corrected chi connectivity index (χ0v) is 16.9. The van der Waals surface area contributed by atoms with Gasteiger partial charge in [0.2, 0.25) is 5.78 Å². The van der Waals surface area contributed by atoms with Crippen molar-refractivity contribution < 1.29 is 13.8 Å². The molecule has 1 aliphatic carbocycles. The molecule has 1 N–H and O–H groups in total. The Bertz CT molecular complexity index is 1150. The number of carbonyl (C=O) groups is 1. The molecule has 7 nitrogen and oxygen atoms in total. The summed E-state index contributed by atoms with van der Waals surface area (Å²) in [4.78, 5) is 17.9. The number of allylic oxidation sites excluding steroid dienone is 2. The summed E-state index contributed by atoms with van der Waals surface area (Å²) in [5, 5.41) is 11.3. The quantitative estimate of drug-likeness (QED) is 0.678. The van der Waals surface area contributed by atoms with Gasteiger partial charge in [-0.25, -0.2) is 4.99 Å². The summed E-state index contributed by atoms with van der Waals surface area (Å²) in [5.74, 6) is 1.33. The van der Waals surface area contributed by atoms with Crippen LogP contribution < -0.4 is 5.32 Å². The number of Topliss-reactive ketones (excluding diaryl/α,β-unsaturated/α-hetero) is 1. The molecule has 0 unspecified atom stereocenters. The summed E-state index contributed by atoms with van der Waals surface area (Å²) in [7, 11) is 0. The third kappa shape index (κ3) is 3.29. The van der Waals surface area contributed by atoms with Gasteiger partial charge in [0.15, 0.2) is 11.5 Å². The number of rotatable bonds is 5. The van der Waals surface area contributed by atoms with Crippen LogP contribution in [0.3, 0.4) is 0 Å². The summed E-state index contributed by atoms with van der Waals surface area (Å²) in [5.41, 5.74) is 5.33. The van der Waals surface area contributed by atoms with Crippen molar-refractivity contribution in [3.8, 4) is 0 Å². The molecule has 0 amide bonds. The summed E-state index contributed by atoms with van der Waals surface area (Å²) in [6, 6.07) is 7.45. The number of fused-ring (bicyclic) bond motifs is 1. The van der Waals surface area contributed by atoms with Gasteiger partial charge >= 0.3 is 0 Å². The molecule has 3 aromatic rings. The summed E-state index contributed by atoms with van der Waals surface area (Å²) in [6.45, 7) is 7.67. The van der Waals surface area contributed by atoms with E-state index in [0.29, 0.717) is 47.0 Å². The molecule has 0 saturated carbocycles. The number of aliphatic imine (C=N–C) groups is 1. The van der Waals surface area contributed by atoms with Crippen LogP contribution in [0.1, 0.15) is 52.7 Å². The minimum atomic E-state index is -0.0973. The fraction of sp³-hybridized carbons (Fsp3) is 0.273. The number of carbonyl (C=O) groups excluding carboxylic acids is 1. The Balaban J connectivity index is 1.84. The lowest BCUT2D eigenvalue weighted by Crippen LogP contribution is -2.22. The molecular formula is C22H22N4O3. The first-order chi connectivity index (χ1) is 14.0. The first-order valence-corrected chi connectivity index (χ1v) is 9.65. The minimum absolute atomic E-state index is 0.0973. The monoisotopic (exact) mass is 390 g/mol. The Labute approximate surface area is 168 Å². The molecular weight excluding hydrogens is 368 g/mol. The molecule has 1 aromatic carbocycles. The van der Waals surface area contributed by atoms with Crippen LogP contribution in [0.5, 0.6) is 0 Å². The lowest BCUT2D eigenvalue weighted by atomic mass is 9.91. The van der Waals surface area contributed by atoms with Gasteiger partial charge in [-0.05, 0) is 19.9 Å². The Kier molecular flexibility index (Phi) is 4.88. The Morgan fingerprint density at radius 2 is 1.62 bits per heavy atom. The van der Waals surface area contributed by atoms with Gasteiger partial charge in [-0.15, -0.1) is 0 Å². The van der Waals surface area contributed by atoms with E-state index < -0.39 is 0 Å². The second kappa shape index (κ2) is 7.50. The van der Waals surface area contributed by atoms with Gasteiger partial charge in [-0.1, -0.05) is 48.4 Å². The van der Waals surface area contributed by atoms with E-state index in [1.807, 2.05) is 52.0 Å². The zero-order chi connectivity index (χ0) is 20.5. The van der Waals surface area contributed by atoms with Crippen molar-refractivity contribution in [2.75, 3.05) is 5.32 Å². The molecule has 4 rings (SSSR count). The van der Waals surface area contributed by atoms with Crippen molar-refractivity contribution in [1.82, 2.24) is 10.3 Å². The molecule has 0 aliphatic heterocycles. The number of aromatic nitrogens is 2. The lowest BCUT2D eigenvalue weighted by molar-refractivity contribution is 0.103. The fourth-order valence-corrected chi connectivity index (χ4v) is 3.38. The molecule has 0 bridgehead atoms. The van der Waals surface area contributed by atoms with E-state index in [9.17, 15) is 4.79 Å². The van der Waals surface area contributed by atoms with Crippen LogP contribution in [0.15, 0.2) is 50.1 Å². The number of nitrogens with zero attached hydrogens (tertiary/aromatic N) is 3. The number of hydrogen-bond donors (Lipinski definition) is 1. The van der Waals surface area contributed by atoms with Crippen LogP contribution >= 0.6 is 0 Å². The van der Waals surface area contributed by atoms with Gasteiger partial charge in [0.05, 0.1) is 11.4 Å². The largest absolute Gasteiger partial charge is 0.359 e. The SMILES string of the molecule is CCc1onc(C)c1N=C1C=C(Nc2c(C)noc2CC)C(=O)c2ccccc21. The van der Waals surface area contributed by atoms with Crippen molar-refractivity contribution in [2.45, 2.75) is 40.5 Å². The Morgan fingerprint density at radius 1 is 0.966 bits per heavy atom. The van der Waals surface area contributed by atoms with Crippen molar-refractivity contribution >= 4 is 22.9 Å². The number of anilines is 1. The van der Waals surface area contributed by atoms with E-state index in [-0.39, 0.29) is 5.78 Å². The molecule has 1 aliphatic rings. The highest BCUT2D eigenvalue weighted by molar-refractivity contribution is 6.27. The third-order valence-corrected chi connectivity index (χ3v) is 4.94. The summed E-state index contributed by atoms with van der Waals surface area (Å²) < 4.78 is 10.7. The van der Waals surface area contributed by atoms with Gasteiger partial charge in [-0.2, -0.15) is 0 Å². The number of ketones is 1. The molecule has 148 valence electrons. The van der Waals surface area contributed by atoms with Crippen molar-refractivity contribution in [3.05, 3.63) is 70.1 Å². The summed E-state index contributed by atoms with van der Waals surface area (Å²) in [6.07, 6.45) is 3.12. The number of nitrogens with one attached hydrogen (secondary N) is 1.